The first-order valence-corrected chi connectivity index (χ1v) is 8.29. The molecule has 1 unspecified atom stereocenters. The third-order valence-electron chi connectivity index (χ3n) is 3.00. The van der Waals surface area contributed by atoms with Crippen LogP contribution in [0.4, 0.5) is 10.8 Å². The van der Waals surface area contributed by atoms with Crippen LogP contribution in [0.25, 0.3) is 0 Å². The zero-order valence-electron chi connectivity index (χ0n) is 10.4. The van der Waals surface area contributed by atoms with E-state index in [-0.39, 0.29) is 10.7 Å². The predicted octanol–water partition coefficient (Wildman–Crippen LogP) is 0.602. The first kappa shape index (κ1) is 13.6. The SMILES string of the molecule is COCC1CCN(c2snc(N)c2S(C)(=O)=O)C1. The molecule has 102 valence electrons. The summed E-state index contributed by atoms with van der Waals surface area (Å²) in [6.45, 7) is 2.30. The fourth-order valence-electron chi connectivity index (χ4n) is 2.22. The van der Waals surface area contributed by atoms with Crippen molar-refractivity contribution in [3.05, 3.63) is 0 Å². The van der Waals surface area contributed by atoms with Crippen LogP contribution >= 0.6 is 11.5 Å². The highest BCUT2D eigenvalue weighted by molar-refractivity contribution is 7.91. The van der Waals surface area contributed by atoms with Crippen LogP contribution < -0.4 is 10.6 Å². The van der Waals surface area contributed by atoms with Gasteiger partial charge in [-0.3, -0.25) is 0 Å². The Bertz CT molecular complexity index is 526. The molecule has 0 radical (unpaired) electrons. The molecule has 1 fully saturated rings. The molecule has 0 aromatic carbocycles. The maximum absolute atomic E-state index is 11.7. The summed E-state index contributed by atoms with van der Waals surface area (Å²) >= 11 is 1.15. The predicted molar refractivity (Wildman–Crippen MR) is 71.8 cm³/mol. The van der Waals surface area contributed by atoms with Crippen molar-refractivity contribution in [1.29, 1.82) is 0 Å². The van der Waals surface area contributed by atoms with Gasteiger partial charge in [-0.1, -0.05) is 0 Å². The van der Waals surface area contributed by atoms with E-state index < -0.39 is 9.84 Å². The normalized spacial score (nSPS) is 20.6. The number of methoxy groups -OCH3 is 1. The molecule has 1 aliphatic rings. The average Bonchev–Trinajstić information content (AvgIpc) is 2.83. The molecule has 0 amide bonds. The lowest BCUT2D eigenvalue weighted by Gasteiger charge is -2.17. The van der Waals surface area contributed by atoms with Gasteiger partial charge in [-0.05, 0) is 18.0 Å². The van der Waals surface area contributed by atoms with Gasteiger partial charge in [-0.2, -0.15) is 4.37 Å². The Balaban J connectivity index is 2.26. The highest BCUT2D eigenvalue weighted by Crippen LogP contribution is 2.37. The summed E-state index contributed by atoms with van der Waals surface area (Å²) < 4.78 is 32.6. The number of rotatable bonds is 4. The van der Waals surface area contributed by atoms with E-state index in [1.807, 2.05) is 4.90 Å². The summed E-state index contributed by atoms with van der Waals surface area (Å²) in [4.78, 5) is 2.21. The molecule has 8 heteroatoms. The Hall–Kier alpha value is -0.860. The van der Waals surface area contributed by atoms with E-state index >= 15 is 0 Å². The molecule has 1 aromatic rings. The fraction of sp³-hybridized carbons (Fsp3) is 0.700. The van der Waals surface area contributed by atoms with E-state index in [2.05, 4.69) is 4.37 Å². The molecule has 1 saturated heterocycles. The number of nitrogens with zero attached hydrogens (tertiary/aromatic N) is 2. The number of sulfone groups is 1. The number of ether oxygens (including phenoxy) is 1. The molecular weight excluding hydrogens is 274 g/mol. The lowest BCUT2D eigenvalue weighted by Crippen LogP contribution is -2.21. The van der Waals surface area contributed by atoms with Crippen LogP contribution in [0.5, 0.6) is 0 Å². The van der Waals surface area contributed by atoms with Crippen LogP contribution in [-0.2, 0) is 14.6 Å². The Morgan fingerprint density at radius 3 is 2.94 bits per heavy atom. The molecule has 6 nitrogen and oxygen atoms in total. The van der Waals surface area contributed by atoms with E-state index in [1.165, 1.54) is 6.26 Å². The summed E-state index contributed by atoms with van der Waals surface area (Å²) in [5, 5.41) is 0.661. The second kappa shape index (κ2) is 5.02. The molecule has 18 heavy (non-hydrogen) atoms. The van der Waals surface area contributed by atoms with Crippen molar-refractivity contribution in [3.63, 3.8) is 0 Å². The zero-order valence-corrected chi connectivity index (χ0v) is 12.1. The third-order valence-corrected chi connectivity index (χ3v) is 5.20. The Morgan fingerprint density at radius 2 is 2.33 bits per heavy atom. The van der Waals surface area contributed by atoms with Gasteiger partial charge in [0.1, 0.15) is 9.90 Å². The van der Waals surface area contributed by atoms with E-state index in [9.17, 15) is 8.42 Å². The van der Waals surface area contributed by atoms with Crippen molar-refractivity contribution < 1.29 is 13.2 Å². The highest BCUT2D eigenvalue weighted by Gasteiger charge is 2.30. The van der Waals surface area contributed by atoms with Crippen LogP contribution in [0.1, 0.15) is 6.42 Å². The monoisotopic (exact) mass is 291 g/mol. The third kappa shape index (κ3) is 2.60. The minimum Gasteiger partial charge on any atom is -0.384 e. The highest BCUT2D eigenvalue weighted by atomic mass is 32.2. The van der Waals surface area contributed by atoms with Gasteiger partial charge in [0.05, 0.1) is 6.61 Å². The number of aromatic nitrogens is 1. The van der Waals surface area contributed by atoms with Crippen molar-refractivity contribution in [2.24, 2.45) is 5.92 Å². The molecule has 1 aromatic heterocycles. The fourth-order valence-corrected chi connectivity index (χ4v) is 4.46. The number of nitrogens with two attached hydrogens (primary N) is 1. The standard InChI is InChI=1S/C10H17N3O3S2/c1-16-6-7-3-4-13(5-7)10-8(18(2,14)15)9(11)12-17-10/h7H,3-6H2,1-2H3,(H2,11,12). The molecule has 2 N–H and O–H groups in total. The van der Waals surface area contributed by atoms with Gasteiger partial charge in [0.25, 0.3) is 0 Å². The first-order valence-electron chi connectivity index (χ1n) is 5.62. The van der Waals surface area contributed by atoms with Gasteiger partial charge in [0.2, 0.25) is 0 Å². The molecule has 1 atom stereocenters. The van der Waals surface area contributed by atoms with Gasteiger partial charge in [-0.15, -0.1) is 0 Å². The van der Waals surface area contributed by atoms with Gasteiger partial charge in [0, 0.05) is 32.4 Å². The summed E-state index contributed by atoms with van der Waals surface area (Å²) in [5.41, 5.74) is 5.66. The largest absolute Gasteiger partial charge is 0.384 e. The smallest absolute Gasteiger partial charge is 0.182 e. The minimum atomic E-state index is -3.34. The van der Waals surface area contributed by atoms with Crippen molar-refractivity contribution in [2.75, 3.05) is 43.7 Å². The van der Waals surface area contributed by atoms with Crippen molar-refractivity contribution in [3.8, 4) is 0 Å². The van der Waals surface area contributed by atoms with Gasteiger partial charge in [-0.25, -0.2) is 8.42 Å². The second-order valence-corrected chi connectivity index (χ2v) is 7.23. The lowest BCUT2D eigenvalue weighted by molar-refractivity contribution is 0.161. The van der Waals surface area contributed by atoms with Crippen LogP contribution in [0.3, 0.4) is 0 Å². The van der Waals surface area contributed by atoms with E-state index in [0.29, 0.717) is 17.5 Å². The van der Waals surface area contributed by atoms with Crippen LogP contribution in [0, 0.1) is 5.92 Å². The molecule has 0 aliphatic carbocycles. The van der Waals surface area contributed by atoms with E-state index in [0.717, 1.165) is 31.0 Å². The summed E-state index contributed by atoms with van der Waals surface area (Å²) in [6.07, 6.45) is 2.16. The maximum atomic E-state index is 11.7. The van der Waals surface area contributed by atoms with E-state index in [1.54, 1.807) is 7.11 Å². The Labute approximate surface area is 111 Å². The summed E-state index contributed by atoms with van der Waals surface area (Å²) in [7, 11) is -1.66. The molecule has 2 rings (SSSR count). The summed E-state index contributed by atoms with van der Waals surface area (Å²) in [5.74, 6) is 0.540. The van der Waals surface area contributed by atoms with Crippen molar-refractivity contribution in [1.82, 2.24) is 4.37 Å². The quantitative estimate of drug-likeness (QED) is 0.874. The van der Waals surface area contributed by atoms with Gasteiger partial charge < -0.3 is 15.4 Å². The number of anilines is 2. The van der Waals surface area contributed by atoms with Crippen molar-refractivity contribution in [2.45, 2.75) is 11.3 Å². The summed E-state index contributed by atoms with van der Waals surface area (Å²) in [6, 6.07) is 0. The topological polar surface area (TPSA) is 85.5 Å². The van der Waals surface area contributed by atoms with Crippen LogP contribution in [0.2, 0.25) is 0 Å². The lowest BCUT2D eigenvalue weighted by atomic mass is 10.1. The van der Waals surface area contributed by atoms with Crippen LogP contribution in [0.15, 0.2) is 4.90 Å². The maximum Gasteiger partial charge on any atom is 0.182 e. The molecular formula is C10H17N3O3S2. The Kier molecular flexibility index (Phi) is 3.79. The van der Waals surface area contributed by atoms with Crippen LogP contribution in [-0.4, -0.2) is 45.9 Å². The zero-order chi connectivity index (χ0) is 13.3. The van der Waals surface area contributed by atoms with Gasteiger partial charge in [0.15, 0.2) is 15.7 Å². The molecule has 0 spiro atoms. The minimum absolute atomic E-state index is 0.104. The Morgan fingerprint density at radius 1 is 1.61 bits per heavy atom. The molecule has 1 aliphatic heterocycles. The average molecular weight is 291 g/mol. The number of hydrogen-bond donors (Lipinski definition) is 1. The molecule has 0 saturated carbocycles. The second-order valence-electron chi connectivity index (χ2n) is 4.53. The van der Waals surface area contributed by atoms with Gasteiger partial charge >= 0.3 is 0 Å². The molecule has 2 heterocycles. The number of nitrogen functional groups attached to an aromatic ring is 1. The van der Waals surface area contributed by atoms with E-state index in [4.69, 9.17) is 10.5 Å². The van der Waals surface area contributed by atoms with Crippen molar-refractivity contribution >= 4 is 32.2 Å². The first-order chi connectivity index (χ1) is 8.43. The molecule has 0 bridgehead atoms. The number of hydrogen-bond acceptors (Lipinski definition) is 7.